The molecule has 4 aromatic carbocycles. The number of nitrogens with one attached hydrogen (secondary N) is 2. The highest BCUT2D eigenvalue weighted by Crippen LogP contribution is 2.28. The van der Waals surface area contributed by atoms with E-state index in [1.54, 1.807) is 24.4 Å². The molecule has 2 amide bonds. The molecule has 46 heavy (non-hydrogen) atoms. The van der Waals surface area contributed by atoms with Crippen molar-refractivity contribution in [1.29, 1.82) is 0 Å². The van der Waals surface area contributed by atoms with Gasteiger partial charge in [-0.25, -0.2) is 5.43 Å². The van der Waals surface area contributed by atoms with Crippen molar-refractivity contribution in [2.45, 2.75) is 45.7 Å². The molecule has 5 rings (SSSR count). The van der Waals surface area contributed by atoms with Crippen molar-refractivity contribution in [1.82, 2.24) is 15.3 Å². The van der Waals surface area contributed by atoms with Gasteiger partial charge < -0.3 is 14.6 Å². The number of fused-ring (bicyclic) bond motifs is 1. The minimum Gasteiger partial charge on any atom is -0.492 e. The summed E-state index contributed by atoms with van der Waals surface area (Å²) in [4.78, 5) is 26.3. The number of rotatable bonds is 13. The van der Waals surface area contributed by atoms with Crippen LogP contribution in [-0.2, 0) is 22.6 Å². The predicted octanol–water partition coefficient (Wildman–Crippen LogP) is 7.65. The van der Waals surface area contributed by atoms with Gasteiger partial charge >= 0.3 is 0 Å². The quantitative estimate of drug-likeness (QED) is 0.0777. The zero-order valence-electron chi connectivity index (χ0n) is 25.8. The first-order chi connectivity index (χ1) is 22.3. The number of hydrogen-bond acceptors (Lipinski definition) is 4. The lowest BCUT2D eigenvalue weighted by atomic mass is 10.1. The Hall–Kier alpha value is -4.59. The zero-order valence-corrected chi connectivity index (χ0v) is 27.3. The van der Waals surface area contributed by atoms with Gasteiger partial charge in [-0.1, -0.05) is 102 Å². The molecule has 0 spiro atoms. The Morgan fingerprint density at radius 3 is 2.46 bits per heavy atom. The molecule has 0 radical (unpaired) electrons. The van der Waals surface area contributed by atoms with Crippen molar-refractivity contribution in [2.24, 2.45) is 5.10 Å². The van der Waals surface area contributed by atoms with E-state index in [0.29, 0.717) is 28.6 Å². The van der Waals surface area contributed by atoms with E-state index in [9.17, 15) is 9.59 Å². The average Bonchev–Trinajstić information content (AvgIpc) is 3.30. The van der Waals surface area contributed by atoms with Gasteiger partial charge in [0.1, 0.15) is 11.8 Å². The van der Waals surface area contributed by atoms with Crippen molar-refractivity contribution < 1.29 is 14.3 Å². The second kappa shape index (κ2) is 15.6. The van der Waals surface area contributed by atoms with Crippen LogP contribution in [0.25, 0.3) is 10.9 Å². The molecule has 236 valence electrons. The molecular weight excluding hydrogens is 619 g/mol. The Bertz CT molecular complexity index is 1850. The van der Waals surface area contributed by atoms with Gasteiger partial charge in [-0.2, -0.15) is 5.10 Å². The SMILES string of the molecule is Cc1cccc(Cn2c(C)c(/C=N\NC(=O)[C@@H](Cc3ccccc3)NC(=O)CCCOc3ccc(Cl)cc3Cl)c3ccccc32)c1. The number of hydrogen-bond donors (Lipinski definition) is 2. The Labute approximate surface area is 279 Å². The summed E-state index contributed by atoms with van der Waals surface area (Å²) in [6.45, 7) is 5.15. The lowest BCUT2D eigenvalue weighted by Gasteiger charge is -2.17. The number of aromatic nitrogens is 1. The number of carbonyl (C=O) groups is 2. The van der Waals surface area contributed by atoms with E-state index in [-0.39, 0.29) is 18.9 Å². The summed E-state index contributed by atoms with van der Waals surface area (Å²) < 4.78 is 7.96. The zero-order chi connectivity index (χ0) is 32.5. The van der Waals surface area contributed by atoms with Gasteiger partial charge in [0.2, 0.25) is 5.91 Å². The normalized spacial score (nSPS) is 11.9. The Morgan fingerprint density at radius 2 is 1.67 bits per heavy atom. The first-order valence-corrected chi connectivity index (χ1v) is 15.9. The predicted molar refractivity (Wildman–Crippen MR) is 186 cm³/mol. The smallest absolute Gasteiger partial charge is 0.262 e. The fourth-order valence-electron chi connectivity index (χ4n) is 5.39. The third kappa shape index (κ3) is 8.56. The summed E-state index contributed by atoms with van der Waals surface area (Å²) in [6, 6.07) is 30.4. The molecule has 9 heteroatoms. The Kier molecular flexibility index (Phi) is 11.1. The molecule has 0 unspecified atom stereocenters. The van der Waals surface area contributed by atoms with Crippen molar-refractivity contribution in [3.8, 4) is 5.75 Å². The van der Waals surface area contributed by atoms with Crippen LogP contribution >= 0.6 is 23.2 Å². The van der Waals surface area contributed by atoms with Gasteiger partial charge in [0.05, 0.1) is 17.8 Å². The molecule has 0 bridgehead atoms. The second-order valence-corrected chi connectivity index (χ2v) is 12.0. The van der Waals surface area contributed by atoms with Crippen LogP contribution in [0.1, 0.15) is 40.8 Å². The molecule has 5 aromatic rings. The summed E-state index contributed by atoms with van der Waals surface area (Å²) in [7, 11) is 0. The highest BCUT2D eigenvalue weighted by molar-refractivity contribution is 6.35. The van der Waals surface area contributed by atoms with E-state index in [1.807, 2.05) is 42.5 Å². The molecular formula is C37H36Cl2N4O3. The van der Waals surface area contributed by atoms with E-state index < -0.39 is 11.9 Å². The van der Waals surface area contributed by atoms with Crippen LogP contribution in [0.2, 0.25) is 10.0 Å². The molecule has 0 aliphatic rings. The number of carbonyl (C=O) groups excluding carboxylic acids is 2. The summed E-state index contributed by atoms with van der Waals surface area (Å²) >= 11 is 12.1. The first-order valence-electron chi connectivity index (χ1n) is 15.2. The van der Waals surface area contributed by atoms with Gasteiger partial charge in [0.15, 0.2) is 0 Å². The largest absolute Gasteiger partial charge is 0.492 e. The monoisotopic (exact) mass is 654 g/mol. The number of hydrazone groups is 1. The van der Waals surface area contributed by atoms with Crippen molar-refractivity contribution in [3.05, 3.63) is 135 Å². The molecule has 0 aliphatic heterocycles. The van der Waals surface area contributed by atoms with Gasteiger partial charge in [0.25, 0.3) is 5.91 Å². The number of halogens is 2. The highest BCUT2D eigenvalue weighted by Gasteiger charge is 2.21. The first kappa shape index (κ1) is 32.8. The van der Waals surface area contributed by atoms with Crippen LogP contribution in [0, 0.1) is 13.8 Å². The van der Waals surface area contributed by atoms with E-state index in [1.165, 1.54) is 11.1 Å². The van der Waals surface area contributed by atoms with Crippen LogP contribution in [0.5, 0.6) is 5.75 Å². The van der Waals surface area contributed by atoms with Crippen molar-refractivity contribution in [3.63, 3.8) is 0 Å². The highest BCUT2D eigenvalue weighted by atomic mass is 35.5. The van der Waals surface area contributed by atoms with E-state index in [0.717, 1.165) is 34.3 Å². The van der Waals surface area contributed by atoms with Crippen LogP contribution in [-0.4, -0.2) is 35.2 Å². The molecule has 0 aliphatic carbocycles. The van der Waals surface area contributed by atoms with E-state index in [4.69, 9.17) is 27.9 Å². The second-order valence-electron chi connectivity index (χ2n) is 11.2. The van der Waals surface area contributed by atoms with Gasteiger partial charge in [-0.05, 0) is 55.7 Å². The third-order valence-corrected chi connectivity index (χ3v) is 8.24. The number of para-hydroxylation sites is 1. The van der Waals surface area contributed by atoms with E-state index in [2.05, 4.69) is 70.7 Å². The molecule has 1 heterocycles. The number of benzene rings is 4. The standard InChI is InChI=1S/C37H36Cl2N4O3/c1-25-10-8-13-28(20-25)24-43-26(2)31(30-14-6-7-15-34(30)43)23-40-42-37(45)33(21-27-11-4-3-5-12-27)41-36(44)16-9-19-46-35-18-17-29(38)22-32(35)39/h3-8,10-15,17-18,20,22-23,33H,9,16,19,21,24H2,1-2H3,(H,41,44)(H,42,45)/b40-23-/t33-/m1/s1. The summed E-state index contributed by atoms with van der Waals surface area (Å²) in [6.07, 6.45) is 2.61. The number of nitrogens with zero attached hydrogens (tertiary/aromatic N) is 2. The maximum atomic E-state index is 13.4. The number of ether oxygens (including phenoxy) is 1. The molecule has 0 saturated heterocycles. The Morgan fingerprint density at radius 1 is 0.913 bits per heavy atom. The lowest BCUT2D eigenvalue weighted by molar-refractivity contribution is -0.129. The van der Waals surface area contributed by atoms with Crippen molar-refractivity contribution in [2.75, 3.05) is 6.61 Å². The lowest BCUT2D eigenvalue weighted by Crippen LogP contribution is -2.46. The minimum absolute atomic E-state index is 0.173. The maximum Gasteiger partial charge on any atom is 0.262 e. The summed E-state index contributed by atoms with van der Waals surface area (Å²) in [5.41, 5.74) is 9.06. The van der Waals surface area contributed by atoms with E-state index >= 15 is 0 Å². The summed E-state index contributed by atoms with van der Waals surface area (Å²) in [5.74, 6) is -0.168. The van der Waals surface area contributed by atoms with Crippen LogP contribution in [0.15, 0.2) is 102 Å². The van der Waals surface area contributed by atoms with Crippen LogP contribution in [0.4, 0.5) is 0 Å². The van der Waals surface area contributed by atoms with Gasteiger partial charge in [-0.15, -0.1) is 0 Å². The average molecular weight is 656 g/mol. The van der Waals surface area contributed by atoms with Crippen LogP contribution in [0.3, 0.4) is 0 Å². The molecule has 0 fully saturated rings. The molecule has 1 atom stereocenters. The van der Waals surface area contributed by atoms with Gasteiger partial charge in [-0.3, -0.25) is 9.59 Å². The number of amides is 2. The number of aryl methyl sites for hydroxylation is 1. The Balaban J connectivity index is 1.25. The molecule has 7 nitrogen and oxygen atoms in total. The fourth-order valence-corrected chi connectivity index (χ4v) is 5.85. The molecule has 0 saturated carbocycles. The van der Waals surface area contributed by atoms with Crippen molar-refractivity contribution >= 4 is 52.1 Å². The third-order valence-electron chi connectivity index (χ3n) is 7.71. The van der Waals surface area contributed by atoms with Gasteiger partial charge in [0, 0.05) is 46.6 Å². The van der Waals surface area contributed by atoms with Crippen LogP contribution < -0.4 is 15.5 Å². The topological polar surface area (TPSA) is 84.7 Å². The maximum absolute atomic E-state index is 13.4. The summed E-state index contributed by atoms with van der Waals surface area (Å²) in [5, 5.41) is 9.20. The molecule has 1 aromatic heterocycles. The molecule has 2 N–H and O–H groups in total. The fraction of sp³-hybridized carbons (Fsp3) is 0.216. The minimum atomic E-state index is -0.817.